The first-order valence-electron chi connectivity index (χ1n) is 6.18. The summed E-state index contributed by atoms with van der Waals surface area (Å²) in [5.41, 5.74) is 5.51. The molecule has 0 aromatic rings. The summed E-state index contributed by atoms with van der Waals surface area (Å²) in [6.07, 6.45) is 2.47. The molecule has 3 N–H and O–H groups in total. The molecule has 0 radical (unpaired) electrons. The zero-order valence-electron chi connectivity index (χ0n) is 10.5. The Labute approximate surface area is 97.9 Å². The lowest BCUT2D eigenvalue weighted by Crippen LogP contribution is -2.41. The van der Waals surface area contributed by atoms with Crippen molar-refractivity contribution in [3.05, 3.63) is 0 Å². The van der Waals surface area contributed by atoms with Crippen molar-refractivity contribution >= 4 is 5.91 Å². The van der Waals surface area contributed by atoms with Crippen LogP contribution < -0.4 is 11.1 Å². The molecule has 0 aliphatic carbocycles. The number of amides is 1. The second kappa shape index (κ2) is 6.21. The first kappa shape index (κ1) is 13.5. The molecule has 4 nitrogen and oxygen atoms in total. The van der Waals surface area contributed by atoms with E-state index < -0.39 is 0 Å². The van der Waals surface area contributed by atoms with Crippen LogP contribution >= 0.6 is 0 Å². The monoisotopic (exact) mass is 228 g/mol. The van der Waals surface area contributed by atoms with Gasteiger partial charge in [-0.05, 0) is 32.1 Å². The van der Waals surface area contributed by atoms with Gasteiger partial charge in [0.25, 0.3) is 0 Å². The zero-order valence-corrected chi connectivity index (χ0v) is 10.5. The highest BCUT2D eigenvalue weighted by atomic mass is 16.5. The lowest BCUT2D eigenvalue weighted by atomic mass is 10.0. The van der Waals surface area contributed by atoms with Crippen LogP contribution in [0.25, 0.3) is 0 Å². The van der Waals surface area contributed by atoms with E-state index >= 15 is 0 Å². The molecule has 1 fully saturated rings. The van der Waals surface area contributed by atoms with Crippen LogP contribution in [0.2, 0.25) is 0 Å². The van der Waals surface area contributed by atoms with Gasteiger partial charge in [0.1, 0.15) is 6.10 Å². The van der Waals surface area contributed by atoms with Crippen molar-refractivity contribution in [3.63, 3.8) is 0 Å². The highest BCUT2D eigenvalue weighted by Gasteiger charge is 2.30. The molecule has 0 spiro atoms. The number of carbonyl (C=O) groups is 1. The second-order valence-corrected chi connectivity index (χ2v) is 5.10. The Hall–Kier alpha value is -0.610. The number of nitrogens with one attached hydrogen (secondary N) is 1. The lowest BCUT2D eigenvalue weighted by molar-refractivity contribution is -0.132. The van der Waals surface area contributed by atoms with Gasteiger partial charge in [-0.1, -0.05) is 13.8 Å². The van der Waals surface area contributed by atoms with Crippen molar-refractivity contribution < 1.29 is 9.53 Å². The Morgan fingerprint density at radius 1 is 1.44 bits per heavy atom. The van der Waals surface area contributed by atoms with Crippen molar-refractivity contribution in [2.75, 3.05) is 6.54 Å². The van der Waals surface area contributed by atoms with E-state index in [2.05, 4.69) is 19.2 Å². The van der Waals surface area contributed by atoms with Crippen molar-refractivity contribution in [1.82, 2.24) is 5.32 Å². The minimum atomic E-state index is -0.289. The van der Waals surface area contributed by atoms with E-state index in [9.17, 15) is 4.79 Å². The molecular weight excluding hydrogens is 204 g/mol. The van der Waals surface area contributed by atoms with E-state index in [1.165, 1.54) is 0 Å². The standard InChI is InChI=1S/C12H24N2O2/c1-8(2)6-9(3)14-12(15)11-5-4-10(7-13)16-11/h8-11H,4-7,13H2,1-3H3,(H,14,15). The number of hydrogen-bond donors (Lipinski definition) is 2. The maximum Gasteiger partial charge on any atom is 0.249 e. The summed E-state index contributed by atoms with van der Waals surface area (Å²) in [6, 6.07) is 0.216. The summed E-state index contributed by atoms with van der Waals surface area (Å²) in [5, 5.41) is 2.99. The summed E-state index contributed by atoms with van der Waals surface area (Å²) in [5.74, 6) is 0.612. The van der Waals surface area contributed by atoms with E-state index in [1.54, 1.807) is 0 Å². The van der Waals surface area contributed by atoms with Gasteiger partial charge in [-0.15, -0.1) is 0 Å². The fourth-order valence-electron chi connectivity index (χ4n) is 2.17. The van der Waals surface area contributed by atoms with Crippen molar-refractivity contribution in [3.8, 4) is 0 Å². The van der Waals surface area contributed by atoms with Gasteiger partial charge >= 0.3 is 0 Å². The van der Waals surface area contributed by atoms with Crippen LogP contribution in [0.1, 0.15) is 40.0 Å². The number of ether oxygens (including phenoxy) is 1. The van der Waals surface area contributed by atoms with Gasteiger partial charge in [-0.2, -0.15) is 0 Å². The lowest BCUT2D eigenvalue weighted by Gasteiger charge is -2.19. The Bertz CT molecular complexity index is 231. The normalized spacial score (nSPS) is 27.1. The summed E-state index contributed by atoms with van der Waals surface area (Å²) in [7, 11) is 0. The van der Waals surface area contributed by atoms with Crippen LogP contribution in [0, 0.1) is 5.92 Å². The third-order valence-corrected chi connectivity index (χ3v) is 2.88. The molecule has 0 aromatic carbocycles. The number of hydrogen-bond acceptors (Lipinski definition) is 3. The second-order valence-electron chi connectivity index (χ2n) is 5.10. The molecule has 0 saturated carbocycles. The van der Waals surface area contributed by atoms with Crippen molar-refractivity contribution in [2.45, 2.75) is 58.3 Å². The summed E-state index contributed by atoms with van der Waals surface area (Å²) < 4.78 is 5.54. The first-order valence-corrected chi connectivity index (χ1v) is 6.18. The van der Waals surface area contributed by atoms with Crippen LogP contribution in [-0.4, -0.2) is 30.7 Å². The Kier molecular flexibility index (Phi) is 5.22. The summed E-state index contributed by atoms with van der Waals surface area (Å²) >= 11 is 0. The average Bonchev–Trinajstić information content (AvgIpc) is 2.64. The van der Waals surface area contributed by atoms with Crippen molar-refractivity contribution in [1.29, 1.82) is 0 Å². The molecule has 1 amide bonds. The highest BCUT2D eigenvalue weighted by Crippen LogP contribution is 2.19. The smallest absolute Gasteiger partial charge is 0.249 e. The largest absolute Gasteiger partial charge is 0.364 e. The predicted molar refractivity (Wildman–Crippen MR) is 64.0 cm³/mol. The maximum atomic E-state index is 11.8. The molecule has 1 rings (SSSR count). The fraction of sp³-hybridized carbons (Fsp3) is 0.917. The minimum Gasteiger partial charge on any atom is -0.364 e. The van der Waals surface area contributed by atoms with Crippen LogP contribution in [0.15, 0.2) is 0 Å². The van der Waals surface area contributed by atoms with E-state index in [-0.39, 0.29) is 24.2 Å². The van der Waals surface area contributed by atoms with E-state index in [0.29, 0.717) is 12.5 Å². The van der Waals surface area contributed by atoms with Crippen LogP contribution in [-0.2, 0) is 9.53 Å². The van der Waals surface area contributed by atoms with E-state index in [4.69, 9.17) is 10.5 Å². The third-order valence-electron chi connectivity index (χ3n) is 2.88. The van der Waals surface area contributed by atoms with Gasteiger partial charge in [0, 0.05) is 12.6 Å². The molecule has 1 aliphatic rings. The Morgan fingerprint density at radius 2 is 2.12 bits per heavy atom. The topological polar surface area (TPSA) is 64.4 Å². The van der Waals surface area contributed by atoms with Gasteiger partial charge in [-0.3, -0.25) is 4.79 Å². The molecule has 16 heavy (non-hydrogen) atoms. The first-order chi connectivity index (χ1) is 7.52. The van der Waals surface area contributed by atoms with Crippen LogP contribution in [0.3, 0.4) is 0 Å². The van der Waals surface area contributed by atoms with Gasteiger partial charge in [0.15, 0.2) is 0 Å². The quantitative estimate of drug-likeness (QED) is 0.739. The summed E-state index contributed by atoms with van der Waals surface area (Å²) in [6.45, 7) is 6.84. The molecule has 0 aromatic heterocycles. The van der Waals surface area contributed by atoms with Gasteiger partial charge in [0.05, 0.1) is 6.10 Å². The molecule has 3 unspecified atom stereocenters. The van der Waals surface area contributed by atoms with Crippen LogP contribution in [0.5, 0.6) is 0 Å². The molecule has 1 aliphatic heterocycles. The summed E-state index contributed by atoms with van der Waals surface area (Å²) in [4.78, 5) is 11.8. The molecule has 0 bridgehead atoms. The molecule has 3 atom stereocenters. The van der Waals surface area contributed by atoms with Gasteiger partial charge in [0.2, 0.25) is 5.91 Å². The Morgan fingerprint density at radius 3 is 2.62 bits per heavy atom. The molecule has 1 heterocycles. The molecular formula is C12H24N2O2. The SMILES string of the molecule is CC(C)CC(C)NC(=O)C1CCC(CN)O1. The molecule has 94 valence electrons. The van der Waals surface area contributed by atoms with Gasteiger partial charge in [-0.25, -0.2) is 0 Å². The minimum absolute atomic E-state index is 0.0177. The van der Waals surface area contributed by atoms with E-state index in [0.717, 1.165) is 19.3 Å². The number of rotatable bonds is 5. The van der Waals surface area contributed by atoms with Crippen LogP contribution in [0.4, 0.5) is 0 Å². The third kappa shape index (κ3) is 4.10. The Balaban J connectivity index is 2.30. The highest BCUT2D eigenvalue weighted by molar-refractivity contribution is 5.81. The average molecular weight is 228 g/mol. The van der Waals surface area contributed by atoms with Gasteiger partial charge < -0.3 is 15.8 Å². The molecule has 1 saturated heterocycles. The fourth-order valence-corrected chi connectivity index (χ4v) is 2.17. The van der Waals surface area contributed by atoms with E-state index in [1.807, 2.05) is 6.92 Å². The predicted octanol–water partition coefficient (Wildman–Crippen LogP) is 1.04. The number of nitrogens with two attached hydrogens (primary N) is 1. The van der Waals surface area contributed by atoms with Crippen molar-refractivity contribution in [2.24, 2.45) is 11.7 Å². The molecule has 4 heteroatoms. The maximum absolute atomic E-state index is 11.8. The number of carbonyl (C=O) groups excluding carboxylic acids is 1. The zero-order chi connectivity index (χ0) is 12.1.